The predicted molar refractivity (Wildman–Crippen MR) is 85.8 cm³/mol. The average molecular weight is 285 g/mol. The number of Topliss-reactive ketones (excluding diaryl/α,β-unsaturated/α-hetero) is 1. The van der Waals surface area contributed by atoms with Gasteiger partial charge in [-0.3, -0.25) is 4.79 Å². The van der Waals surface area contributed by atoms with Gasteiger partial charge in [-0.1, -0.05) is 19.8 Å². The molecule has 19 heavy (non-hydrogen) atoms. The molecule has 112 valence electrons. The van der Waals surface area contributed by atoms with Crippen molar-refractivity contribution in [3.8, 4) is 0 Å². The number of hydrogen-bond donors (Lipinski definition) is 0. The molecule has 0 heterocycles. The van der Waals surface area contributed by atoms with Gasteiger partial charge in [0.2, 0.25) is 0 Å². The van der Waals surface area contributed by atoms with Crippen LogP contribution in [-0.4, -0.2) is 42.3 Å². The van der Waals surface area contributed by atoms with Crippen molar-refractivity contribution in [2.24, 2.45) is 11.8 Å². The van der Waals surface area contributed by atoms with Crippen LogP contribution in [0.5, 0.6) is 0 Å². The molecule has 0 aromatic carbocycles. The highest BCUT2D eigenvalue weighted by molar-refractivity contribution is 7.98. The summed E-state index contributed by atoms with van der Waals surface area (Å²) in [5.74, 6) is 2.81. The minimum atomic E-state index is 0.298. The Kier molecular flexibility index (Phi) is 8.08. The van der Waals surface area contributed by atoms with Crippen molar-refractivity contribution < 1.29 is 4.79 Å². The van der Waals surface area contributed by atoms with E-state index in [9.17, 15) is 4.79 Å². The van der Waals surface area contributed by atoms with Crippen LogP contribution in [0.25, 0.3) is 0 Å². The van der Waals surface area contributed by atoms with Gasteiger partial charge in [-0.25, -0.2) is 0 Å². The highest BCUT2D eigenvalue weighted by atomic mass is 32.2. The number of rotatable bonds is 8. The lowest BCUT2D eigenvalue weighted by Gasteiger charge is -2.33. The van der Waals surface area contributed by atoms with Crippen LogP contribution in [0.2, 0.25) is 0 Å². The van der Waals surface area contributed by atoms with Crippen molar-refractivity contribution in [1.82, 2.24) is 4.90 Å². The largest absolute Gasteiger partial charge is 0.303 e. The smallest absolute Gasteiger partial charge is 0.137 e. The third-order valence-electron chi connectivity index (χ3n) is 4.57. The van der Waals surface area contributed by atoms with E-state index in [2.05, 4.69) is 32.1 Å². The second kappa shape index (κ2) is 9.02. The van der Waals surface area contributed by atoms with E-state index in [0.717, 1.165) is 31.7 Å². The molecule has 1 fully saturated rings. The van der Waals surface area contributed by atoms with E-state index in [4.69, 9.17) is 0 Å². The molecule has 0 amide bonds. The summed E-state index contributed by atoms with van der Waals surface area (Å²) >= 11 is 1.91. The third kappa shape index (κ3) is 5.86. The molecular weight excluding hydrogens is 254 g/mol. The van der Waals surface area contributed by atoms with E-state index in [1.807, 2.05) is 11.8 Å². The van der Waals surface area contributed by atoms with Crippen LogP contribution in [0, 0.1) is 11.8 Å². The summed E-state index contributed by atoms with van der Waals surface area (Å²) in [7, 11) is 2.18. The van der Waals surface area contributed by atoms with E-state index in [0.29, 0.717) is 17.7 Å². The van der Waals surface area contributed by atoms with Crippen molar-refractivity contribution >= 4 is 17.5 Å². The summed E-state index contributed by atoms with van der Waals surface area (Å²) in [5, 5.41) is 0. The Morgan fingerprint density at radius 1 is 1.47 bits per heavy atom. The van der Waals surface area contributed by atoms with Gasteiger partial charge in [-0.2, -0.15) is 11.8 Å². The van der Waals surface area contributed by atoms with Crippen LogP contribution in [0.1, 0.15) is 52.4 Å². The number of hydrogen-bond acceptors (Lipinski definition) is 3. The Morgan fingerprint density at radius 3 is 2.84 bits per heavy atom. The van der Waals surface area contributed by atoms with E-state index in [1.54, 1.807) is 0 Å². The van der Waals surface area contributed by atoms with Crippen LogP contribution in [0.4, 0.5) is 0 Å². The Labute approximate surface area is 123 Å². The maximum Gasteiger partial charge on any atom is 0.137 e. The Balaban J connectivity index is 2.41. The molecule has 2 nitrogen and oxygen atoms in total. The van der Waals surface area contributed by atoms with Gasteiger partial charge >= 0.3 is 0 Å². The molecule has 1 aliphatic rings. The van der Waals surface area contributed by atoms with Crippen LogP contribution < -0.4 is 0 Å². The maximum absolute atomic E-state index is 12.1. The van der Waals surface area contributed by atoms with E-state index >= 15 is 0 Å². The van der Waals surface area contributed by atoms with Gasteiger partial charge in [0.1, 0.15) is 5.78 Å². The molecule has 1 saturated carbocycles. The second-order valence-corrected chi connectivity index (χ2v) is 7.15. The lowest BCUT2D eigenvalue weighted by Crippen LogP contribution is -2.39. The lowest BCUT2D eigenvalue weighted by molar-refractivity contribution is -0.126. The van der Waals surface area contributed by atoms with Crippen molar-refractivity contribution in [3.63, 3.8) is 0 Å². The van der Waals surface area contributed by atoms with Crippen LogP contribution >= 0.6 is 11.8 Å². The first-order chi connectivity index (χ1) is 9.08. The fourth-order valence-corrected chi connectivity index (χ4v) is 3.66. The van der Waals surface area contributed by atoms with Crippen LogP contribution in [-0.2, 0) is 4.79 Å². The highest BCUT2D eigenvalue weighted by Gasteiger charge is 2.29. The Bertz CT molecular complexity index is 269. The molecule has 0 radical (unpaired) electrons. The van der Waals surface area contributed by atoms with Crippen molar-refractivity contribution in [2.75, 3.05) is 25.6 Å². The average Bonchev–Trinajstić information content (AvgIpc) is 2.40. The van der Waals surface area contributed by atoms with Gasteiger partial charge in [0.15, 0.2) is 0 Å². The maximum atomic E-state index is 12.1. The zero-order chi connectivity index (χ0) is 14.3. The zero-order valence-electron chi connectivity index (χ0n) is 13.2. The summed E-state index contributed by atoms with van der Waals surface area (Å²) in [4.78, 5) is 14.5. The first-order valence-electron chi connectivity index (χ1n) is 7.80. The van der Waals surface area contributed by atoms with Gasteiger partial charge in [0.25, 0.3) is 0 Å². The highest BCUT2D eigenvalue weighted by Crippen LogP contribution is 2.30. The second-order valence-electron chi connectivity index (χ2n) is 6.16. The number of carbonyl (C=O) groups excluding carboxylic acids is 1. The van der Waals surface area contributed by atoms with Gasteiger partial charge in [0, 0.05) is 24.9 Å². The number of carbonyl (C=O) groups is 1. The van der Waals surface area contributed by atoms with Gasteiger partial charge in [-0.05, 0) is 51.2 Å². The third-order valence-corrected chi connectivity index (χ3v) is 5.21. The molecule has 0 saturated heterocycles. The summed E-state index contributed by atoms with van der Waals surface area (Å²) in [6.07, 6.45) is 9.02. The SMILES string of the molecule is CCCC1CCC(=O)C(CN(C)C(C)CCSC)C1. The molecule has 3 heteroatoms. The van der Waals surface area contributed by atoms with Crippen LogP contribution in [0.15, 0.2) is 0 Å². The van der Waals surface area contributed by atoms with Crippen molar-refractivity contribution in [3.05, 3.63) is 0 Å². The normalized spacial score (nSPS) is 25.8. The standard InChI is InChI=1S/C16H31NOS/c1-5-6-14-7-8-16(18)15(11-14)12-17(3)13(2)9-10-19-4/h13-15H,5-12H2,1-4H3. The van der Waals surface area contributed by atoms with Crippen LogP contribution in [0.3, 0.4) is 0 Å². The molecule has 1 rings (SSSR count). The summed E-state index contributed by atoms with van der Waals surface area (Å²) in [6, 6.07) is 0.590. The summed E-state index contributed by atoms with van der Waals surface area (Å²) in [5.41, 5.74) is 0. The molecular formula is C16H31NOS. The number of ketones is 1. The van der Waals surface area contributed by atoms with E-state index in [1.165, 1.54) is 25.0 Å². The molecule has 0 aliphatic heterocycles. The number of nitrogens with zero attached hydrogens (tertiary/aromatic N) is 1. The number of thioether (sulfide) groups is 1. The summed E-state index contributed by atoms with van der Waals surface area (Å²) in [6.45, 7) is 5.50. The van der Waals surface area contributed by atoms with E-state index < -0.39 is 0 Å². The minimum absolute atomic E-state index is 0.298. The fourth-order valence-electron chi connectivity index (χ4n) is 3.09. The Morgan fingerprint density at radius 2 is 2.21 bits per heavy atom. The minimum Gasteiger partial charge on any atom is -0.303 e. The van der Waals surface area contributed by atoms with Crippen molar-refractivity contribution in [1.29, 1.82) is 0 Å². The van der Waals surface area contributed by atoms with Crippen molar-refractivity contribution in [2.45, 2.75) is 58.4 Å². The van der Waals surface area contributed by atoms with Gasteiger partial charge < -0.3 is 4.90 Å². The molecule has 0 N–H and O–H groups in total. The zero-order valence-corrected chi connectivity index (χ0v) is 14.0. The first-order valence-corrected chi connectivity index (χ1v) is 9.19. The first kappa shape index (κ1) is 17.0. The molecule has 3 unspecified atom stereocenters. The van der Waals surface area contributed by atoms with E-state index in [-0.39, 0.29) is 0 Å². The monoisotopic (exact) mass is 285 g/mol. The molecule has 0 aromatic heterocycles. The quantitative estimate of drug-likeness (QED) is 0.676. The molecule has 0 bridgehead atoms. The lowest BCUT2D eigenvalue weighted by atomic mass is 9.78. The molecule has 0 aromatic rings. The molecule has 1 aliphatic carbocycles. The summed E-state index contributed by atoms with van der Waals surface area (Å²) < 4.78 is 0. The molecule has 3 atom stereocenters. The van der Waals surface area contributed by atoms with Gasteiger partial charge in [0.05, 0.1) is 0 Å². The predicted octanol–water partition coefficient (Wildman–Crippen LogP) is 3.85. The van der Waals surface area contributed by atoms with Gasteiger partial charge in [-0.15, -0.1) is 0 Å². The Hall–Kier alpha value is -0.0200. The molecule has 0 spiro atoms. The fraction of sp³-hybridized carbons (Fsp3) is 0.938. The topological polar surface area (TPSA) is 20.3 Å².